The van der Waals surface area contributed by atoms with Crippen LogP contribution in [-0.4, -0.2) is 20.9 Å². The first-order valence-electron chi connectivity index (χ1n) is 1.62. The van der Waals surface area contributed by atoms with Crippen molar-refractivity contribution < 1.29 is 8.42 Å². The Bertz CT molecular complexity index is 87.1. The average molecular weight is 139 g/mol. The van der Waals surface area contributed by atoms with Crippen molar-refractivity contribution in [2.24, 2.45) is 0 Å². The number of hydrogen-bond donors (Lipinski definition) is 0. The Hall–Kier alpha value is 0.300. The maximum atomic E-state index is 10.1. The summed E-state index contributed by atoms with van der Waals surface area (Å²) in [5.74, 6) is 0. The van der Waals surface area contributed by atoms with Crippen molar-refractivity contribution in [3.63, 3.8) is 0 Å². The summed E-state index contributed by atoms with van der Waals surface area (Å²) in [5.41, 5.74) is 0. The third kappa shape index (κ3) is 6.30. The van der Waals surface area contributed by atoms with Crippen molar-refractivity contribution in [2.45, 2.75) is 0 Å². The molecule has 0 spiro atoms. The predicted molar refractivity (Wildman–Crippen MR) is 32.4 cm³/mol. The second-order valence-electron chi connectivity index (χ2n) is 1.09. The van der Waals surface area contributed by atoms with E-state index in [-0.39, 0.29) is 0 Å². The van der Waals surface area contributed by atoms with Crippen LogP contribution < -0.4 is 0 Å². The minimum atomic E-state index is -1.02. The first-order valence-corrected chi connectivity index (χ1v) is 4.86. The van der Waals surface area contributed by atoms with Crippen LogP contribution in [0.2, 0.25) is 0 Å². The van der Waals surface area contributed by atoms with Crippen molar-refractivity contribution in [1.29, 1.82) is 0 Å². The molecule has 44 valence electrons. The van der Waals surface area contributed by atoms with Gasteiger partial charge in [0.1, 0.15) is 0 Å². The fourth-order valence-electron chi connectivity index (χ4n) is 0.191. The molecule has 0 bridgehead atoms. The van der Waals surface area contributed by atoms with Crippen LogP contribution in [0, 0.1) is 5.08 Å². The lowest BCUT2D eigenvalue weighted by Gasteiger charge is -2.00. The van der Waals surface area contributed by atoms with Crippen molar-refractivity contribution in [3.8, 4) is 0 Å². The monoisotopic (exact) mass is 139 g/mol. The molecule has 0 aliphatic rings. The highest BCUT2D eigenvalue weighted by atomic mass is 32.2. The minimum Gasteiger partial charge on any atom is -0.294 e. The summed E-state index contributed by atoms with van der Waals surface area (Å²) in [6.45, 7) is 0. The fourth-order valence-corrected chi connectivity index (χ4v) is 1.72. The van der Waals surface area contributed by atoms with E-state index in [2.05, 4.69) is 0 Å². The largest absolute Gasteiger partial charge is 0.294 e. The summed E-state index contributed by atoms with van der Waals surface area (Å²) in [6, 6.07) is 0. The highest BCUT2D eigenvalue weighted by Crippen LogP contribution is 1.85. The molecule has 2 unspecified atom stereocenters. The van der Waals surface area contributed by atoms with Gasteiger partial charge in [-0.1, -0.05) is 0 Å². The van der Waals surface area contributed by atoms with Gasteiger partial charge >= 0.3 is 0 Å². The van der Waals surface area contributed by atoms with Crippen LogP contribution in [-0.2, 0) is 21.6 Å². The quantitative estimate of drug-likeness (QED) is 0.499. The van der Waals surface area contributed by atoms with Crippen LogP contribution in [0.25, 0.3) is 0 Å². The van der Waals surface area contributed by atoms with Crippen LogP contribution >= 0.6 is 0 Å². The van der Waals surface area contributed by atoms with Crippen LogP contribution in [0.3, 0.4) is 0 Å². The zero-order valence-corrected chi connectivity index (χ0v) is 5.84. The summed E-state index contributed by atoms with van der Waals surface area (Å²) < 4.78 is 20.2. The molecule has 0 aromatic rings. The molecular weight excluding hydrogens is 132 g/mol. The Balaban J connectivity index is 3.32. The van der Waals surface area contributed by atoms with E-state index in [4.69, 9.17) is 0 Å². The smallest absolute Gasteiger partial charge is 0.0178 e. The van der Waals surface area contributed by atoms with E-state index < -0.39 is 21.6 Å². The molecule has 7 heavy (non-hydrogen) atoms. The van der Waals surface area contributed by atoms with E-state index in [1.165, 1.54) is 17.6 Å². The highest BCUT2D eigenvalue weighted by molar-refractivity contribution is 8.04. The van der Waals surface area contributed by atoms with Gasteiger partial charge in [-0.25, -0.2) is 0 Å². The van der Waals surface area contributed by atoms with E-state index in [0.717, 1.165) is 0 Å². The summed E-state index contributed by atoms with van der Waals surface area (Å²) in [4.78, 5) is 0. The van der Waals surface area contributed by atoms with Gasteiger partial charge in [-0.15, -0.1) is 21.6 Å². The Morgan fingerprint density at radius 1 is 1.14 bits per heavy atom. The molecule has 0 amide bonds. The molecule has 0 aliphatic carbocycles. The van der Waals surface area contributed by atoms with E-state index in [9.17, 15) is 8.42 Å². The highest BCUT2D eigenvalue weighted by Gasteiger charge is 1.75. The summed E-state index contributed by atoms with van der Waals surface area (Å²) in [6.07, 6.45) is 2.98. The Labute approximate surface area is 48.2 Å². The molecule has 4 heteroatoms. The molecule has 0 aromatic carbocycles. The van der Waals surface area contributed by atoms with Crippen molar-refractivity contribution in [1.82, 2.24) is 0 Å². The Morgan fingerprint density at radius 3 is 1.43 bits per heavy atom. The van der Waals surface area contributed by atoms with Gasteiger partial charge in [0.25, 0.3) is 0 Å². The lowest BCUT2D eigenvalue weighted by atomic mass is 11.9. The molecule has 0 saturated carbocycles. The molecule has 0 heterocycles. The molecule has 2 nitrogen and oxygen atoms in total. The maximum absolute atomic E-state index is 10.1. The molecule has 2 atom stereocenters. The van der Waals surface area contributed by atoms with Crippen molar-refractivity contribution in [3.05, 3.63) is 5.08 Å². The summed E-state index contributed by atoms with van der Waals surface area (Å²) in [7, 11) is -2.04. The van der Waals surface area contributed by atoms with E-state index in [1.807, 2.05) is 0 Å². The summed E-state index contributed by atoms with van der Waals surface area (Å²) in [5, 5.41) is 1.28. The zero-order valence-electron chi connectivity index (χ0n) is 4.21. The average Bonchev–Trinajstić information content (AvgIpc) is 1.27. The topological polar surface area (TPSA) is 34.1 Å². The van der Waals surface area contributed by atoms with Crippen LogP contribution in [0.15, 0.2) is 0 Å². The van der Waals surface area contributed by atoms with Crippen molar-refractivity contribution >= 4 is 21.6 Å². The van der Waals surface area contributed by atoms with Crippen molar-refractivity contribution in [2.75, 3.05) is 12.5 Å². The molecule has 0 radical (unpaired) electrons. The third-order valence-electron chi connectivity index (χ3n) is 0.271. The summed E-state index contributed by atoms with van der Waals surface area (Å²) >= 11 is 0. The number of hydrogen-bond acceptors (Lipinski definition) is 2. The standard InChI is InChI=1S/C3H7O2S2/c1-6(4)3-7(2)5/h3H,1-2H3/q-1. The normalized spacial score (nSPS) is 18.6. The lowest BCUT2D eigenvalue weighted by Crippen LogP contribution is -1.91. The predicted octanol–water partition coefficient (Wildman–Crippen LogP) is -0.137. The van der Waals surface area contributed by atoms with E-state index in [0.29, 0.717) is 0 Å². The third-order valence-corrected chi connectivity index (χ3v) is 2.44. The fraction of sp³-hybridized carbons (Fsp3) is 0.667. The molecule has 0 saturated heterocycles. The Morgan fingerprint density at radius 2 is 1.43 bits per heavy atom. The molecule has 0 aliphatic heterocycles. The van der Waals surface area contributed by atoms with E-state index >= 15 is 0 Å². The minimum absolute atomic E-state index is 1.02. The SMILES string of the molecule is CS(=O)[CH-]S(C)=O. The molecule has 0 rings (SSSR count). The van der Waals surface area contributed by atoms with Crippen LogP contribution in [0.5, 0.6) is 0 Å². The zero-order chi connectivity index (χ0) is 5.86. The first-order chi connectivity index (χ1) is 3.13. The van der Waals surface area contributed by atoms with Gasteiger partial charge in [0, 0.05) is 0 Å². The first kappa shape index (κ1) is 7.30. The van der Waals surface area contributed by atoms with Gasteiger partial charge in [0.2, 0.25) is 0 Å². The van der Waals surface area contributed by atoms with Crippen LogP contribution in [0.1, 0.15) is 0 Å². The molecular formula is C3H7O2S2-. The van der Waals surface area contributed by atoms with Crippen LogP contribution in [0.4, 0.5) is 0 Å². The van der Waals surface area contributed by atoms with Gasteiger partial charge in [-0.2, -0.15) is 5.08 Å². The molecule has 0 N–H and O–H groups in total. The van der Waals surface area contributed by atoms with Gasteiger partial charge in [0.15, 0.2) is 0 Å². The molecule has 0 fully saturated rings. The lowest BCUT2D eigenvalue weighted by molar-refractivity contribution is 0.686. The number of rotatable bonds is 2. The van der Waals surface area contributed by atoms with Gasteiger partial charge in [-0.3, -0.25) is 8.42 Å². The molecule has 0 aromatic heterocycles. The van der Waals surface area contributed by atoms with Gasteiger partial charge < -0.3 is 0 Å². The maximum Gasteiger partial charge on any atom is -0.0178 e. The second-order valence-corrected chi connectivity index (χ2v) is 3.86. The Kier molecular flexibility index (Phi) is 3.46. The van der Waals surface area contributed by atoms with Gasteiger partial charge in [-0.05, 0) is 12.5 Å². The van der Waals surface area contributed by atoms with Gasteiger partial charge in [0.05, 0.1) is 0 Å². The van der Waals surface area contributed by atoms with E-state index in [1.54, 1.807) is 0 Å². The second kappa shape index (κ2) is 3.32.